The maximum Gasteiger partial charge on any atom is 0.352 e. The predicted molar refractivity (Wildman–Crippen MR) is 84.8 cm³/mol. The molecule has 1 aliphatic heterocycles. The third-order valence-corrected chi connectivity index (χ3v) is 4.08. The maximum absolute atomic E-state index is 13.9. The zero-order chi connectivity index (χ0) is 17.3. The molecule has 1 N–H and O–H groups in total. The Labute approximate surface area is 138 Å². The molecule has 0 amide bonds. The van der Waals surface area contributed by atoms with Crippen molar-refractivity contribution in [3.05, 3.63) is 52.1 Å². The fourth-order valence-electron chi connectivity index (χ4n) is 2.75. The van der Waals surface area contributed by atoms with E-state index >= 15 is 0 Å². The van der Waals surface area contributed by atoms with Crippen LogP contribution in [0.1, 0.15) is 30.2 Å². The van der Waals surface area contributed by atoms with Crippen molar-refractivity contribution in [2.45, 2.75) is 38.8 Å². The molecule has 3 rings (SSSR count). The van der Waals surface area contributed by atoms with E-state index < -0.39 is 24.4 Å². The van der Waals surface area contributed by atoms with E-state index in [1.807, 2.05) is 32.0 Å². The zero-order valence-corrected chi connectivity index (χ0v) is 13.5. The summed E-state index contributed by atoms with van der Waals surface area (Å²) in [5, 5.41) is 9.00. The molecule has 2 atom stereocenters. The van der Waals surface area contributed by atoms with Gasteiger partial charge in [0.25, 0.3) is 0 Å². The van der Waals surface area contributed by atoms with E-state index in [-0.39, 0.29) is 18.7 Å². The van der Waals surface area contributed by atoms with E-state index in [1.54, 1.807) is 0 Å². The topological polar surface area (TPSA) is 73.6 Å². The van der Waals surface area contributed by atoms with Crippen LogP contribution < -0.4 is 10.4 Å². The fourth-order valence-corrected chi connectivity index (χ4v) is 2.75. The number of rotatable bonds is 4. The molecule has 2 heterocycles. The minimum absolute atomic E-state index is 0.0290. The monoisotopic (exact) mass is 334 g/mol. The number of hydrogen-bond acceptors (Lipinski definition) is 5. The van der Waals surface area contributed by atoms with Gasteiger partial charge in [0.1, 0.15) is 18.6 Å². The van der Waals surface area contributed by atoms with Gasteiger partial charge in [0, 0.05) is 18.7 Å². The van der Waals surface area contributed by atoms with Gasteiger partial charge < -0.3 is 14.6 Å². The number of aliphatic hydroxyl groups excluding tert-OH is 1. The molecular weight excluding hydrogens is 315 g/mol. The van der Waals surface area contributed by atoms with Gasteiger partial charge >= 0.3 is 5.69 Å². The molecular formula is C17H19FN2O4. The molecule has 7 heteroatoms. The number of para-hydroxylation sites is 1. The maximum atomic E-state index is 13.9. The Morgan fingerprint density at radius 2 is 2.12 bits per heavy atom. The van der Waals surface area contributed by atoms with Crippen molar-refractivity contribution < 1.29 is 19.0 Å². The molecule has 1 aliphatic rings. The third-order valence-electron chi connectivity index (χ3n) is 4.08. The third kappa shape index (κ3) is 3.18. The number of halogens is 1. The molecule has 24 heavy (non-hydrogen) atoms. The minimum Gasteiger partial charge on any atom is -0.438 e. The second-order valence-electron chi connectivity index (χ2n) is 5.93. The molecule has 0 saturated carbocycles. The number of ether oxygens (including phenoxy) is 2. The summed E-state index contributed by atoms with van der Waals surface area (Å²) in [6.45, 7) is 3.08. The van der Waals surface area contributed by atoms with Gasteiger partial charge in [-0.3, -0.25) is 4.57 Å². The Hall–Kier alpha value is -2.25. The van der Waals surface area contributed by atoms with E-state index in [9.17, 15) is 9.18 Å². The Kier molecular flexibility index (Phi) is 4.38. The van der Waals surface area contributed by atoms with Crippen LogP contribution in [-0.2, 0) is 4.74 Å². The highest BCUT2D eigenvalue weighted by Gasteiger charge is 2.41. The van der Waals surface area contributed by atoms with Crippen LogP contribution in [0.15, 0.2) is 35.3 Å². The number of aliphatic hydroxyl groups is 1. The van der Waals surface area contributed by atoms with Gasteiger partial charge in [0.05, 0.1) is 0 Å². The number of aryl methyl sites for hydroxylation is 2. The van der Waals surface area contributed by atoms with Gasteiger partial charge in [-0.25, -0.2) is 9.18 Å². The van der Waals surface area contributed by atoms with E-state index in [0.717, 1.165) is 11.1 Å². The van der Waals surface area contributed by atoms with Crippen molar-refractivity contribution in [2.24, 2.45) is 0 Å². The van der Waals surface area contributed by atoms with Crippen molar-refractivity contribution >= 4 is 0 Å². The van der Waals surface area contributed by atoms with Crippen LogP contribution >= 0.6 is 0 Å². The summed E-state index contributed by atoms with van der Waals surface area (Å²) in [5.74, 6) is -1.28. The van der Waals surface area contributed by atoms with Crippen LogP contribution in [0.25, 0.3) is 0 Å². The van der Waals surface area contributed by atoms with E-state index in [2.05, 4.69) is 4.98 Å². The molecule has 0 aliphatic carbocycles. The molecule has 2 aromatic rings. The Bertz CT molecular complexity index is 787. The molecule has 0 spiro atoms. The Morgan fingerprint density at radius 1 is 1.42 bits per heavy atom. The van der Waals surface area contributed by atoms with Crippen LogP contribution in [0.3, 0.4) is 0 Å². The fraction of sp³-hybridized carbons (Fsp3) is 0.412. The summed E-state index contributed by atoms with van der Waals surface area (Å²) >= 11 is 0. The van der Waals surface area contributed by atoms with Crippen LogP contribution in [0.4, 0.5) is 4.39 Å². The van der Waals surface area contributed by atoms with Crippen molar-refractivity contribution in [3.8, 4) is 11.6 Å². The van der Waals surface area contributed by atoms with Crippen molar-refractivity contribution in [1.29, 1.82) is 0 Å². The Balaban J connectivity index is 1.82. The summed E-state index contributed by atoms with van der Waals surface area (Å²) in [4.78, 5) is 16.1. The Morgan fingerprint density at radius 3 is 2.71 bits per heavy atom. The van der Waals surface area contributed by atoms with Gasteiger partial charge in [0.15, 0.2) is 0 Å². The average molecular weight is 334 g/mol. The van der Waals surface area contributed by atoms with Gasteiger partial charge in [-0.05, 0) is 31.4 Å². The second kappa shape index (κ2) is 6.33. The summed E-state index contributed by atoms with van der Waals surface area (Å²) in [6, 6.07) is 7.27. The second-order valence-corrected chi connectivity index (χ2v) is 5.93. The molecule has 6 nitrogen and oxygen atoms in total. The molecule has 0 radical (unpaired) electrons. The molecule has 1 fully saturated rings. The molecule has 2 unspecified atom stereocenters. The lowest BCUT2D eigenvalue weighted by Crippen LogP contribution is -2.31. The lowest BCUT2D eigenvalue weighted by Gasteiger charge is -2.19. The summed E-state index contributed by atoms with van der Waals surface area (Å²) in [5.41, 5.74) is 1.28. The first-order valence-corrected chi connectivity index (χ1v) is 7.73. The van der Waals surface area contributed by atoms with Gasteiger partial charge in [-0.2, -0.15) is 4.98 Å². The first kappa shape index (κ1) is 16.6. The summed E-state index contributed by atoms with van der Waals surface area (Å²) in [6.07, 6.45) is 1.000. The van der Waals surface area contributed by atoms with Crippen molar-refractivity contribution in [3.63, 3.8) is 0 Å². The summed E-state index contributed by atoms with van der Waals surface area (Å²) < 4.78 is 26.0. The van der Waals surface area contributed by atoms with E-state index in [4.69, 9.17) is 14.6 Å². The quantitative estimate of drug-likeness (QED) is 0.930. The lowest BCUT2D eigenvalue weighted by atomic mass is 10.1. The highest BCUT2D eigenvalue weighted by molar-refractivity contribution is 5.41. The standard InChI is InChI=1S/C17H19FN2O4/c1-11-4-3-5-12(2)15(11)23-13-7-9-20(16(22)19-13)14-6-8-17(18,10-21)24-14/h3-5,7,9,14,21H,6,8,10H2,1-2H3. The number of nitrogens with zero attached hydrogens (tertiary/aromatic N) is 2. The molecule has 1 saturated heterocycles. The number of hydrogen-bond donors (Lipinski definition) is 1. The highest BCUT2D eigenvalue weighted by Crippen LogP contribution is 2.36. The van der Waals surface area contributed by atoms with Crippen LogP contribution in [0.5, 0.6) is 11.6 Å². The van der Waals surface area contributed by atoms with E-state index in [1.165, 1.54) is 16.8 Å². The smallest absolute Gasteiger partial charge is 0.352 e. The first-order valence-electron chi connectivity index (χ1n) is 7.73. The van der Waals surface area contributed by atoms with Gasteiger partial charge in [-0.1, -0.05) is 18.2 Å². The largest absolute Gasteiger partial charge is 0.438 e. The number of aromatic nitrogens is 2. The van der Waals surface area contributed by atoms with Crippen molar-refractivity contribution in [2.75, 3.05) is 6.61 Å². The zero-order valence-electron chi connectivity index (χ0n) is 13.5. The van der Waals surface area contributed by atoms with Crippen LogP contribution in [0.2, 0.25) is 0 Å². The summed E-state index contributed by atoms with van der Waals surface area (Å²) in [7, 11) is 0. The predicted octanol–water partition coefficient (Wildman–Crippen LogP) is 2.62. The van der Waals surface area contributed by atoms with Crippen LogP contribution in [0, 0.1) is 13.8 Å². The average Bonchev–Trinajstić information content (AvgIpc) is 2.94. The molecule has 128 valence electrons. The van der Waals surface area contributed by atoms with Gasteiger partial charge in [-0.15, -0.1) is 0 Å². The first-order chi connectivity index (χ1) is 11.4. The van der Waals surface area contributed by atoms with Crippen molar-refractivity contribution in [1.82, 2.24) is 9.55 Å². The normalized spacial score (nSPS) is 23.4. The minimum atomic E-state index is -2.10. The van der Waals surface area contributed by atoms with E-state index in [0.29, 0.717) is 5.75 Å². The van der Waals surface area contributed by atoms with Crippen LogP contribution in [-0.4, -0.2) is 27.1 Å². The molecule has 1 aromatic carbocycles. The number of alkyl halides is 1. The lowest BCUT2D eigenvalue weighted by molar-refractivity contribution is -0.177. The SMILES string of the molecule is Cc1cccc(C)c1Oc1ccn(C2CCC(F)(CO)O2)c(=O)n1. The van der Waals surface area contributed by atoms with Gasteiger partial charge in [0.2, 0.25) is 11.7 Å². The number of benzene rings is 1. The highest BCUT2D eigenvalue weighted by atomic mass is 19.2. The molecule has 0 bridgehead atoms. The molecule has 1 aromatic heterocycles.